The first kappa shape index (κ1) is 28.4. The van der Waals surface area contributed by atoms with Crippen LogP contribution in [0.1, 0.15) is 57.4 Å². The van der Waals surface area contributed by atoms with Gasteiger partial charge >= 0.3 is 0 Å². The van der Waals surface area contributed by atoms with Gasteiger partial charge in [0.1, 0.15) is 5.54 Å². The number of ether oxygens (including phenoxy) is 1. The number of aromatic nitrogens is 3. The van der Waals surface area contributed by atoms with Crippen molar-refractivity contribution < 1.29 is 19.1 Å². The zero-order valence-corrected chi connectivity index (χ0v) is 24.1. The molecule has 3 aromatic heterocycles. The number of aryl methyl sites for hydroxylation is 1. The number of rotatable bonds is 7. The highest BCUT2D eigenvalue weighted by Crippen LogP contribution is 2.50. The molecule has 220 valence electrons. The Balaban J connectivity index is 1.40. The van der Waals surface area contributed by atoms with E-state index in [1.54, 1.807) is 43.3 Å². The van der Waals surface area contributed by atoms with Crippen molar-refractivity contribution in [1.29, 1.82) is 0 Å². The summed E-state index contributed by atoms with van der Waals surface area (Å²) in [6, 6.07) is 8.28. The highest BCUT2D eigenvalue weighted by atomic mass is 32.1. The Bertz CT molecular complexity index is 1790. The summed E-state index contributed by atoms with van der Waals surface area (Å²) in [6.45, 7) is 5.23. The minimum absolute atomic E-state index is 0.232. The lowest BCUT2D eigenvalue weighted by Crippen LogP contribution is -2.53. The number of nitrogens with one attached hydrogen (secondary N) is 2. The summed E-state index contributed by atoms with van der Waals surface area (Å²) in [6.07, 6.45) is 5.00. The van der Waals surface area contributed by atoms with Crippen LogP contribution < -0.4 is 32.6 Å². The van der Waals surface area contributed by atoms with E-state index in [4.69, 9.17) is 21.9 Å². The molecule has 1 saturated carbocycles. The fraction of sp³-hybridized carbons (Fsp3) is 0.267. The number of nitrogens with two attached hydrogens (primary N) is 3. The van der Waals surface area contributed by atoms with E-state index in [1.807, 2.05) is 0 Å². The van der Waals surface area contributed by atoms with Crippen LogP contribution in [0.4, 0.5) is 5.69 Å². The molecule has 4 atom stereocenters. The number of nitrogen functional groups attached to an aromatic ring is 1. The van der Waals surface area contributed by atoms with Crippen molar-refractivity contribution in [3.05, 3.63) is 82.5 Å². The lowest BCUT2D eigenvalue weighted by atomic mass is 9.70. The molecule has 2 aliphatic rings. The number of carbonyl (C=O) groups is 3. The van der Waals surface area contributed by atoms with E-state index in [-0.39, 0.29) is 35.7 Å². The second-order valence-electron chi connectivity index (χ2n) is 10.7. The van der Waals surface area contributed by atoms with Gasteiger partial charge in [-0.05, 0) is 56.0 Å². The number of pyridine rings is 1. The quantitative estimate of drug-likeness (QED) is 0.155. The summed E-state index contributed by atoms with van der Waals surface area (Å²) < 4.78 is 6.33. The largest absolute Gasteiger partial charge is 0.419 e. The third kappa shape index (κ3) is 4.71. The Labute approximate surface area is 250 Å². The molecule has 0 spiro atoms. The first-order valence-electron chi connectivity index (χ1n) is 13.7. The molecular formula is C30H30N8O4S. The van der Waals surface area contributed by atoms with Gasteiger partial charge < -0.3 is 32.6 Å². The number of hydrogen-bond donors (Lipinski definition) is 5. The summed E-state index contributed by atoms with van der Waals surface area (Å²) in [5, 5.41) is 14.2. The number of carbonyl (C=O) groups excluding carboxylic acids is 3. The molecule has 8 N–H and O–H groups in total. The number of Topliss-reactive ketones (excluding diaryl/α,β-unsaturated/α-hetero) is 1. The van der Waals surface area contributed by atoms with Gasteiger partial charge in [-0.1, -0.05) is 12.6 Å². The van der Waals surface area contributed by atoms with Gasteiger partial charge in [0.25, 0.3) is 5.91 Å². The number of anilines is 1. The first-order valence-corrected chi connectivity index (χ1v) is 14.6. The summed E-state index contributed by atoms with van der Waals surface area (Å²) in [5.41, 5.74) is 20.6. The average Bonchev–Trinajstić information content (AvgIpc) is 3.61. The number of hydrogen-bond acceptors (Lipinski definition) is 11. The van der Waals surface area contributed by atoms with Gasteiger partial charge in [0.2, 0.25) is 17.7 Å². The Morgan fingerprint density at radius 3 is 2.56 bits per heavy atom. The van der Waals surface area contributed by atoms with Crippen molar-refractivity contribution in [2.24, 2.45) is 11.5 Å². The zero-order chi connectivity index (χ0) is 30.5. The maximum Gasteiger partial charge on any atom is 0.262 e. The molecule has 4 aromatic rings. The third-order valence-corrected chi connectivity index (χ3v) is 9.36. The lowest BCUT2D eigenvalue weighted by Gasteiger charge is -2.37. The topological polar surface area (TPSA) is 201 Å². The van der Waals surface area contributed by atoms with E-state index in [0.29, 0.717) is 49.5 Å². The van der Waals surface area contributed by atoms with Crippen molar-refractivity contribution in [2.45, 2.75) is 49.9 Å². The van der Waals surface area contributed by atoms with Gasteiger partial charge in [-0.3, -0.25) is 14.4 Å². The van der Waals surface area contributed by atoms with Gasteiger partial charge in [0.15, 0.2) is 5.78 Å². The second kappa shape index (κ2) is 10.8. The van der Waals surface area contributed by atoms with E-state index < -0.39 is 17.4 Å². The van der Waals surface area contributed by atoms with E-state index in [1.165, 1.54) is 23.6 Å². The highest BCUT2D eigenvalue weighted by molar-refractivity contribution is 7.21. The Hall–Kier alpha value is -4.72. The predicted molar refractivity (Wildman–Crippen MR) is 161 cm³/mol. The molecule has 1 fully saturated rings. The van der Waals surface area contributed by atoms with Crippen molar-refractivity contribution in [2.75, 3.05) is 5.73 Å². The van der Waals surface area contributed by atoms with Crippen LogP contribution in [0.25, 0.3) is 10.1 Å². The molecule has 3 heterocycles. The van der Waals surface area contributed by atoms with Crippen LogP contribution in [-0.4, -0.2) is 44.9 Å². The SMILES string of the molecule is C=CC(=O)N[C@H]1CCC[C@H]1NC(=O)c1sc2c(N)ccc3c2c1C(N)C(=O)C3(N)c1ccc(Oc2cccnn2)nc1C. The van der Waals surface area contributed by atoms with Crippen molar-refractivity contribution in [1.82, 2.24) is 25.8 Å². The summed E-state index contributed by atoms with van der Waals surface area (Å²) in [7, 11) is 0. The first-order chi connectivity index (χ1) is 20.6. The molecule has 2 aliphatic carbocycles. The standard InChI is InChI=1S/C30H30N8O4S/c1-3-20(39)36-18-6-4-7-19(18)37-29(41)27-24-23-16(9-11-17(31)26(23)43-27)30(33,28(40)25(24)32)15-10-12-21(35-14(15)2)42-22-8-5-13-34-38-22/h3,5,8-13,18-19,25H,1,4,6-7,31-33H2,2H3,(H,36,39)(H,37,41)/t18-,19+,25?,30?/m0/s1. The van der Waals surface area contributed by atoms with Crippen LogP contribution in [0.3, 0.4) is 0 Å². The van der Waals surface area contributed by atoms with Crippen LogP contribution >= 0.6 is 11.3 Å². The van der Waals surface area contributed by atoms with Crippen molar-refractivity contribution in [3.63, 3.8) is 0 Å². The smallest absolute Gasteiger partial charge is 0.262 e. The normalized spacial score (nSPS) is 22.8. The number of amides is 2. The summed E-state index contributed by atoms with van der Waals surface area (Å²) in [4.78, 5) is 44.6. The molecule has 12 nitrogen and oxygen atoms in total. The van der Waals surface area contributed by atoms with Crippen LogP contribution in [0.2, 0.25) is 0 Å². The fourth-order valence-electron chi connectivity index (χ4n) is 6.07. The highest BCUT2D eigenvalue weighted by Gasteiger charge is 2.49. The molecule has 0 bridgehead atoms. The zero-order valence-electron chi connectivity index (χ0n) is 23.3. The maximum absolute atomic E-state index is 14.1. The molecule has 6 rings (SSSR count). The molecule has 2 unspecified atom stereocenters. The van der Waals surface area contributed by atoms with Gasteiger partial charge in [0.05, 0.1) is 15.6 Å². The van der Waals surface area contributed by atoms with Crippen LogP contribution in [0, 0.1) is 6.92 Å². The molecule has 43 heavy (non-hydrogen) atoms. The van der Waals surface area contributed by atoms with E-state index >= 15 is 0 Å². The molecule has 0 saturated heterocycles. The van der Waals surface area contributed by atoms with Gasteiger partial charge in [-0.15, -0.1) is 16.4 Å². The number of thiophene rings is 1. The number of nitrogens with zero attached hydrogens (tertiary/aromatic N) is 3. The van der Waals surface area contributed by atoms with E-state index in [2.05, 4.69) is 32.4 Å². The van der Waals surface area contributed by atoms with E-state index in [9.17, 15) is 14.4 Å². The Morgan fingerprint density at radius 1 is 1.12 bits per heavy atom. The minimum atomic E-state index is -1.67. The number of ketones is 1. The molecule has 1 aromatic carbocycles. The molecular weight excluding hydrogens is 568 g/mol. The second-order valence-corrected chi connectivity index (χ2v) is 11.7. The molecule has 13 heteroatoms. The third-order valence-electron chi connectivity index (χ3n) is 8.11. The summed E-state index contributed by atoms with van der Waals surface area (Å²) in [5.74, 6) is -0.651. The van der Waals surface area contributed by atoms with Crippen molar-refractivity contribution in [3.8, 4) is 11.8 Å². The van der Waals surface area contributed by atoms with Gasteiger partial charge in [-0.2, -0.15) is 5.10 Å². The van der Waals surface area contributed by atoms with E-state index in [0.717, 1.165) is 12.8 Å². The summed E-state index contributed by atoms with van der Waals surface area (Å²) >= 11 is 1.17. The predicted octanol–water partition coefficient (Wildman–Crippen LogP) is 2.51. The lowest BCUT2D eigenvalue weighted by molar-refractivity contribution is -0.124. The van der Waals surface area contributed by atoms with Crippen LogP contribution in [0.5, 0.6) is 11.8 Å². The van der Waals surface area contributed by atoms with Gasteiger partial charge in [-0.25, -0.2) is 4.98 Å². The van der Waals surface area contributed by atoms with Gasteiger partial charge in [0, 0.05) is 58.3 Å². The van der Waals surface area contributed by atoms with Crippen LogP contribution in [-0.2, 0) is 15.1 Å². The van der Waals surface area contributed by atoms with Crippen LogP contribution in [0.15, 0.2) is 55.3 Å². The maximum atomic E-state index is 14.1. The molecule has 0 radical (unpaired) electrons. The monoisotopic (exact) mass is 598 g/mol. The number of benzene rings is 1. The average molecular weight is 599 g/mol. The molecule has 0 aliphatic heterocycles. The Morgan fingerprint density at radius 2 is 1.86 bits per heavy atom. The minimum Gasteiger partial charge on any atom is -0.419 e. The molecule has 2 amide bonds. The fourth-order valence-corrected chi connectivity index (χ4v) is 7.27. The van der Waals surface area contributed by atoms with Crippen molar-refractivity contribution >= 4 is 44.7 Å². The Kier molecular flexibility index (Phi) is 7.16.